The number of thioether (sulfide) groups is 1. The van der Waals surface area contributed by atoms with Gasteiger partial charge in [0.2, 0.25) is 0 Å². The highest BCUT2D eigenvalue weighted by atomic mass is 32.2. The maximum atomic E-state index is 9.02. The third-order valence-corrected chi connectivity index (χ3v) is 3.64. The molecule has 2 N–H and O–H groups in total. The predicted octanol–water partition coefficient (Wildman–Crippen LogP) is 0.991. The lowest BCUT2D eigenvalue weighted by Crippen LogP contribution is -2.32. The highest BCUT2D eigenvalue weighted by Gasteiger charge is 2.06. The van der Waals surface area contributed by atoms with Crippen LogP contribution in [0.2, 0.25) is 0 Å². The second-order valence-electron chi connectivity index (χ2n) is 2.78. The zero-order valence-corrected chi connectivity index (χ0v) is 9.77. The molecule has 0 spiro atoms. The number of aromatic nitrogens is 2. The average Bonchev–Trinajstić information content (AvgIpc) is 2.69. The molecule has 1 rings (SSSR count). The fourth-order valence-electron chi connectivity index (χ4n) is 1.06. The Hall–Kier alpha value is -0.170. The van der Waals surface area contributed by atoms with Gasteiger partial charge < -0.3 is 10.4 Å². The molecule has 1 heterocycles. The predicted molar refractivity (Wildman–Crippen MR) is 59.8 cm³/mol. The topological polar surface area (TPSA) is 58.0 Å². The minimum absolute atomic E-state index is 0.199. The number of nitrogens with zero attached hydrogens (tertiary/aromatic N) is 2. The number of likely N-dealkylation sites (N-methyl/N-ethyl adjacent to an activating group) is 1. The highest BCUT2D eigenvalue weighted by Crippen LogP contribution is 2.19. The Balaban J connectivity index is 2.13. The van der Waals surface area contributed by atoms with Crippen LogP contribution >= 0.6 is 23.1 Å². The second-order valence-corrected chi connectivity index (χ2v) is 4.95. The lowest BCUT2D eigenvalue weighted by molar-refractivity contribution is 0.242. The molecular weight excluding hydrogens is 218 g/mol. The summed E-state index contributed by atoms with van der Waals surface area (Å²) in [4.78, 5) is 0. The van der Waals surface area contributed by atoms with Gasteiger partial charge in [-0.25, -0.2) is 0 Å². The van der Waals surface area contributed by atoms with Crippen molar-refractivity contribution >= 4 is 23.1 Å². The first-order chi connectivity index (χ1) is 6.86. The molecule has 0 aromatic carbocycles. The van der Waals surface area contributed by atoms with Crippen molar-refractivity contribution in [2.24, 2.45) is 0 Å². The maximum absolute atomic E-state index is 9.02. The van der Waals surface area contributed by atoms with Gasteiger partial charge in [0, 0.05) is 11.8 Å². The summed E-state index contributed by atoms with van der Waals surface area (Å²) >= 11 is 3.24. The Bertz CT molecular complexity index is 231. The molecule has 4 nitrogen and oxygen atoms in total. The van der Waals surface area contributed by atoms with E-state index in [1.54, 1.807) is 28.6 Å². The first-order valence-electron chi connectivity index (χ1n) is 4.60. The number of nitrogens with one attached hydrogen (secondary N) is 1. The van der Waals surface area contributed by atoms with Crippen molar-refractivity contribution in [3.8, 4) is 0 Å². The van der Waals surface area contributed by atoms with Crippen LogP contribution in [0, 0.1) is 0 Å². The Kier molecular flexibility index (Phi) is 6.09. The summed E-state index contributed by atoms with van der Waals surface area (Å²) in [6.45, 7) is 3.14. The van der Waals surface area contributed by atoms with Crippen LogP contribution in [0.25, 0.3) is 0 Å². The Morgan fingerprint density at radius 3 is 3.14 bits per heavy atom. The van der Waals surface area contributed by atoms with Gasteiger partial charge in [-0.15, -0.1) is 10.2 Å². The van der Waals surface area contributed by atoms with Gasteiger partial charge in [-0.1, -0.05) is 30.0 Å². The molecule has 1 aromatic rings. The van der Waals surface area contributed by atoms with Crippen molar-refractivity contribution in [3.05, 3.63) is 5.51 Å². The summed E-state index contributed by atoms with van der Waals surface area (Å²) in [5.41, 5.74) is 1.73. The van der Waals surface area contributed by atoms with Crippen LogP contribution in [0.3, 0.4) is 0 Å². The highest BCUT2D eigenvalue weighted by molar-refractivity contribution is 8.00. The molecule has 1 atom stereocenters. The van der Waals surface area contributed by atoms with Gasteiger partial charge in [0.25, 0.3) is 0 Å². The standard InChI is InChI=1S/C8H15N3OS2/c1-2-9-7(5-12)3-4-13-8-11-10-6-14-8/h6-7,9,12H,2-5H2,1H3. The molecule has 1 unspecified atom stereocenters. The van der Waals surface area contributed by atoms with Crippen LogP contribution in [0.5, 0.6) is 0 Å². The minimum atomic E-state index is 0.199. The summed E-state index contributed by atoms with van der Waals surface area (Å²) < 4.78 is 0.998. The molecule has 0 amide bonds. The first-order valence-corrected chi connectivity index (χ1v) is 6.46. The lowest BCUT2D eigenvalue weighted by atomic mass is 10.2. The third-order valence-electron chi connectivity index (χ3n) is 1.75. The van der Waals surface area contributed by atoms with Gasteiger partial charge >= 0.3 is 0 Å². The van der Waals surface area contributed by atoms with E-state index in [0.717, 1.165) is 23.1 Å². The summed E-state index contributed by atoms with van der Waals surface area (Å²) in [5.74, 6) is 0.966. The molecule has 0 radical (unpaired) electrons. The van der Waals surface area contributed by atoms with E-state index in [1.807, 2.05) is 6.92 Å². The van der Waals surface area contributed by atoms with E-state index in [2.05, 4.69) is 15.5 Å². The van der Waals surface area contributed by atoms with E-state index < -0.39 is 0 Å². The molecule has 80 valence electrons. The van der Waals surface area contributed by atoms with E-state index in [0.29, 0.717) is 0 Å². The molecule has 0 aliphatic heterocycles. The largest absolute Gasteiger partial charge is 0.395 e. The number of aliphatic hydroxyl groups excluding tert-OH is 1. The molecule has 0 fully saturated rings. The van der Waals surface area contributed by atoms with Crippen LogP contribution in [-0.2, 0) is 0 Å². The van der Waals surface area contributed by atoms with Crippen molar-refractivity contribution in [1.29, 1.82) is 0 Å². The normalized spacial score (nSPS) is 13.0. The zero-order chi connectivity index (χ0) is 10.2. The van der Waals surface area contributed by atoms with Gasteiger partial charge in [0.05, 0.1) is 6.61 Å². The van der Waals surface area contributed by atoms with Crippen molar-refractivity contribution in [1.82, 2.24) is 15.5 Å². The molecule has 14 heavy (non-hydrogen) atoms. The van der Waals surface area contributed by atoms with Gasteiger partial charge in [0.15, 0.2) is 4.34 Å². The van der Waals surface area contributed by atoms with Gasteiger partial charge in [-0.2, -0.15) is 0 Å². The Morgan fingerprint density at radius 1 is 1.71 bits per heavy atom. The average molecular weight is 233 g/mol. The monoisotopic (exact) mass is 233 g/mol. The first kappa shape index (κ1) is 11.9. The molecule has 0 bridgehead atoms. The van der Waals surface area contributed by atoms with Crippen LogP contribution in [0.15, 0.2) is 9.85 Å². The molecule has 0 aliphatic rings. The molecule has 0 saturated carbocycles. The minimum Gasteiger partial charge on any atom is -0.395 e. The van der Waals surface area contributed by atoms with E-state index in [-0.39, 0.29) is 12.6 Å². The smallest absolute Gasteiger partial charge is 0.174 e. The Labute approximate surface area is 92.1 Å². The molecule has 0 aliphatic carbocycles. The maximum Gasteiger partial charge on any atom is 0.174 e. The van der Waals surface area contributed by atoms with Crippen molar-refractivity contribution in [2.75, 3.05) is 18.9 Å². The van der Waals surface area contributed by atoms with Crippen LogP contribution in [-0.4, -0.2) is 40.3 Å². The lowest BCUT2D eigenvalue weighted by Gasteiger charge is -2.13. The Morgan fingerprint density at radius 2 is 2.57 bits per heavy atom. The summed E-state index contributed by atoms with van der Waals surface area (Å²) in [6, 6.07) is 0.209. The van der Waals surface area contributed by atoms with Crippen LogP contribution in [0.4, 0.5) is 0 Å². The number of hydrogen-bond acceptors (Lipinski definition) is 6. The van der Waals surface area contributed by atoms with Gasteiger partial charge in [-0.05, 0) is 13.0 Å². The number of rotatable bonds is 7. The molecule has 6 heteroatoms. The fraction of sp³-hybridized carbons (Fsp3) is 0.750. The van der Waals surface area contributed by atoms with E-state index >= 15 is 0 Å². The van der Waals surface area contributed by atoms with Gasteiger partial charge in [-0.3, -0.25) is 0 Å². The fourth-order valence-corrected chi connectivity index (χ4v) is 2.67. The summed E-state index contributed by atoms with van der Waals surface area (Å²) in [7, 11) is 0. The molecule has 1 aromatic heterocycles. The summed E-state index contributed by atoms with van der Waals surface area (Å²) in [6.07, 6.45) is 0.953. The SMILES string of the molecule is CCNC(CO)CCSc1nncs1. The second kappa shape index (κ2) is 7.17. The number of hydrogen-bond donors (Lipinski definition) is 2. The van der Waals surface area contributed by atoms with Crippen molar-refractivity contribution < 1.29 is 5.11 Å². The van der Waals surface area contributed by atoms with E-state index in [9.17, 15) is 0 Å². The van der Waals surface area contributed by atoms with Crippen molar-refractivity contribution in [3.63, 3.8) is 0 Å². The van der Waals surface area contributed by atoms with E-state index in [4.69, 9.17) is 5.11 Å². The van der Waals surface area contributed by atoms with Crippen LogP contribution in [0.1, 0.15) is 13.3 Å². The molecule has 0 saturated heterocycles. The van der Waals surface area contributed by atoms with E-state index in [1.165, 1.54) is 0 Å². The van der Waals surface area contributed by atoms with Crippen LogP contribution < -0.4 is 5.32 Å². The third kappa shape index (κ3) is 4.36. The number of aliphatic hydroxyl groups is 1. The van der Waals surface area contributed by atoms with Crippen molar-refractivity contribution in [2.45, 2.75) is 23.7 Å². The summed E-state index contributed by atoms with van der Waals surface area (Å²) in [5, 5.41) is 19.9. The zero-order valence-electron chi connectivity index (χ0n) is 8.14. The quantitative estimate of drug-likeness (QED) is 0.688. The molecular formula is C8H15N3OS2. The van der Waals surface area contributed by atoms with Gasteiger partial charge in [0.1, 0.15) is 5.51 Å².